The number of aromatic nitrogens is 2. The molecule has 32 heavy (non-hydrogen) atoms. The minimum Gasteiger partial charge on any atom is -0.497 e. The monoisotopic (exact) mass is 440 g/mol. The van der Waals surface area contributed by atoms with Crippen LogP contribution in [0.25, 0.3) is 11.0 Å². The van der Waals surface area contributed by atoms with E-state index >= 15 is 0 Å². The van der Waals surface area contributed by atoms with Gasteiger partial charge in [-0.05, 0) is 42.0 Å². The number of rotatable bonds is 7. The van der Waals surface area contributed by atoms with Gasteiger partial charge in [0, 0.05) is 11.4 Å². The van der Waals surface area contributed by atoms with Gasteiger partial charge >= 0.3 is 0 Å². The second-order valence-electron chi connectivity index (χ2n) is 6.95. The summed E-state index contributed by atoms with van der Waals surface area (Å²) in [6, 6.07) is 26.7. The predicted octanol–water partition coefficient (Wildman–Crippen LogP) is 4.71. The minimum absolute atomic E-state index is 0.274. The van der Waals surface area contributed by atoms with E-state index in [4.69, 9.17) is 9.72 Å². The van der Waals surface area contributed by atoms with Gasteiger partial charge in [-0.1, -0.05) is 54.2 Å². The summed E-state index contributed by atoms with van der Waals surface area (Å²) in [5, 5.41) is 13.3. The van der Waals surface area contributed by atoms with Crippen LogP contribution in [0, 0.1) is 11.3 Å². The summed E-state index contributed by atoms with van der Waals surface area (Å²) in [6.45, 7) is 0.274. The summed E-state index contributed by atoms with van der Waals surface area (Å²) in [5.74, 6) is -0.811. The van der Waals surface area contributed by atoms with Gasteiger partial charge in [0.25, 0.3) is 0 Å². The van der Waals surface area contributed by atoms with Crippen LogP contribution in [0.5, 0.6) is 5.75 Å². The molecule has 0 aliphatic carbocycles. The van der Waals surface area contributed by atoms with Crippen molar-refractivity contribution in [3.8, 4) is 11.8 Å². The quantitative estimate of drug-likeness (QED) is 0.448. The van der Waals surface area contributed by atoms with Gasteiger partial charge in [-0.25, -0.2) is 9.97 Å². The summed E-state index contributed by atoms with van der Waals surface area (Å²) in [5.41, 5.74) is 2.57. The molecule has 1 amide bonds. The van der Waals surface area contributed by atoms with Gasteiger partial charge in [0.15, 0.2) is 5.92 Å². The third-order valence-corrected chi connectivity index (χ3v) is 5.79. The number of benzene rings is 3. The van der Waals surface area contributed by atoms with Crippen LogP contribution < -0.4 is 10.1 Å². The zero-order valence-corrected chi connectivity index (χ0v) is 18.2. The maximum Gasteiger partial charge on any atom is 0.243 e. The number of nitrogens with zero attached hydrogens (tertiary/aromatic N) is 3. The molecule has 4 aromatic rings. The van der Waals surface area contributed by atoms with Crippen LogP contribution in [-0.4, -0.2) is 23.0 Å². The topological polar surface area (TPSA) is 87.9 Å². The number of ether oxygens (including phenoxy) is 1. The number of para-hydroxylation sites is 2. The predicted molar refractivity (Wildman–Crippen MR) is 123 cm³/mol. The molecule has 0 bridgehead atoms. The third kappa shape index (κ3) is 4.88. The van der Waals surface area contributed by atoms with E-state index < -0.39 is 11.8 Å². The van der Waals surface area contributed by atoms with Gasteiger partial charge in [-0.2, -0.15) is 5.26 Å². The smallest absolute Gasteiger partial charge is 0.243 e. The molecule has 0 aliphatic heterocycles. The van der Waals surface area contributed by atoms with Gasteiger partial charge in [0.1, 0.15) is 16.5 Å². The van der Waals surface area contributed by atoms with Crippen LogP contribution in [-0.2, 0) is 11.3 Å². The molecule has 158 valence electrons. The largest absolute Gasteiger partial charge is 0.497 e. The lowest BCUT2D eigenvalue weighted by Crippen LogP contribution is -2.29. The van der Waals surface area contributed by atoms with Crippen molar-refractivity contribution in [2.24, 2.45) is 0 Å². The first-order valence-corrected chi connectivity index (χ1v) is 10.8. The Balaban J connectivity index is 1.64. The highest BCUT2D eigenvalue weighted by atomic mass is 32.2. The zero-order chi connectivity index (χ0) is 22.3. The van der Waals surface area contributed by atoms with Gasteiger partial charge in [-0.15, -0.1) is 0 Å². The van der Waals surface area contributed by atoms with Crippen LogP contribution in [0.4, 0.5) is 0 Å². The fraction of sp³-hybridized carbons (Fsp3) is 0.120. The lowest BCUT2D eigenvalue weighted by Gasteiger charge is -2.14. The highest BCUT2D eigenvalue weighted by Gasteiger charge is 2.26. The number of amides is 1. The SMILES string of the molecule is COc1cccc(CNC(=O)C(C#N)c2nc3ccccc3nc2Sc2ccccc2)c1. The summed E-state index contributed by atoms with van der Waals surface area (Å²) in [7, 11) is 1.59. The molecule has 1 atom stereocenters. The minimum atomic E-state index is -1.09. The van der Waals surface area contributed by atoms with Gasteiger partial charge < -0.3 is 10.1 Å². The summed E-state index contributed by atoms with van der Waals surface area (Å²) < 4.78 is 5.23. The fourth-order valence-electron chi connectivity index (χ4n) is 3.18. The molecule has 7 heteroatoms. The van der Waals surface area contributed by atoms with Crippen LogP contribution in [0.3, 0.4) is 0 Å². The average Bonchev–Trinajstić information content (AvgIpc) is 2.84. The first kappa shape index (κ1) is 21.3. The summed E-state index contributed by atoms with van der Waals surface area (Å²) >= 11 is 1.39. The summed E-state index contributed by atoms with van der Waals surface area (Å²) in [4.78, 5) is 23.3. The number of carbonyl (C=O) groups is 1. The van der Waals surface area contributed by atoms with E-state index in [0.717, 1.165) is 10.5 Å². The summed E-state index contributed by atoms with van der Waals surface area (Å²) in [6.07, 6.45) is 0. The molecule has 0 saturated heterocycles. The number of fused-ring (bicyclic) bond motifs is 1. The number of nitrogens with one attached hydrogen (secondary N) is 1. The Morgan fingerprint density at radius 1 is 1.03 bits per heavy atom. The highest BCUT2D eigenvalue weighted by molar-refractivity contribution is 7.99. The van der Waals surface area contributed by atoms with Crippen molar-refractivity contribution < 1.29 is 9.53 Å². The van der Waals surface area contributed by atoms with Crippen molar-refractivity contribution in [3.05, 3.63) is 90.1 Å². The molecule has 0 spiro atoms. The number of methoxy groups -OCH3 is 1. The molecular weight excluding hydrogens is 420 g/mol. The molecule has 3 aromatic carbocycles. The Kier molecular flexibility index (Phi) is 6.63. The van der Waals surface area contributed by atoms with Gasteiger partial charge in [0.05, 0.1) is 24.2 Å². The maximum absolute atomic E-state index is 13.0. The number of carbonyl (C=O) groups excluding carboxylic acids is 1. The van der Waals surface area contributed by atoms with Crippen molar-refractivity contribution >= 4 is 28.7 Å². The molecule has 4 rings (SSSR count). The Morgan fingerprint density at radius 3 is 2.47 bits per heavy atom. The van der Waals surface area contributed by atoms with Gasteiger partial charge in [-0.3, -0.25) is 4.79 Å². The standard InChI is InChI=1S/C25H20N4O2S/c1-31-18-9-7-8-17(14-18)16-27-24(30)20(15-26)23-25(32-19-10-3-2-4-11-19)29-22-13-6-5-12-21(22)28-23/h2-14,20H,16H2,1H3,(H,27,30). The Morgan fingerprint density at radius 2 is 1.75 bits per heavy atom. The third-order valence-electron chi connectivity index (χ3n) is 4.79. The lowest BCUT2D eigenvalue weighted by molar-refractivity contribution is -0.121. The van der Waals surface area contributed by atoms with E-state index in [0.29, 0.717) is 27.5 Å². The second-order valence-corrected chi connectivity index (χ2v) is 8.01. The van der Waals surface area contributed by atoms with Crippen LogP contribution in [0.15, 0.2) is 88.8 Å². The Labute approximate surface area is 190 Å². The zero-order valence-electron chi connectivity index (χ0n) is 17.4. The first-order valence-electron chi connectivity index (χ1n) is 9.98. The van der Waals surface area contributed by atoms with Crippen molar-refractivity contribution in [2.45, 2.75) is 22.4 Å². The molecule has 1 unspecified atom stereocenters. The molecule has 1 aromatic heterocycles. The van der Waals surface area contributed by atoms with E-state index in [9.17, 15) is 10.1 Å². The van der Waals surface area contributed by atoms with Crippen LogP contribution in [0.1, 0.15) is 17.2 Å². The maximum atomic E-state index is 13.0. The van der Waals surface area contributed by atoms with Gasteiger partial charge in [0.2, 0.25) is 5.91 Å². The second kappa shape index (κ2) is 9.94. The first-order chi connectivity index (χ1) is 15.7. The fourth-order valence-corrected chi connectivity index (χ4v) is 4.11. The molecule has 0 saturated carbocycles. The van der Waals surface area contributed by atoms with Crippen molar-refractivity contribution in [1.82, 2.24) is 15.3 Å². The van der Waals surface area contributed by atoms with Crippen molar-refractivity contribution in [2.75, 3.05) is 7.11 Å². The molecule has 0 fully saturated rings. The van der Waals surface area contributed by atoms with Crippen LogP contribution in [0.2, 0.25) is 0 Å². The van der Waals surface area contributed by atoms with Crippen molar-refractivity contribution in [1.29, 1.82) is 5.26 Å². The van der Waals surface area contributed by atoms with E-state index in [2.05, 4.69) is 16.4 Å². The molecule has 1 heterocycles. The number of hydrogen-bond donors (Lipinski definition) is 1. The van der Waals surface area contributed by atoms with Crippen molar-refractivity contribution in [3.63, 3.8) is 0 Å². The number of hydrogen-bond acceptors (Lipinski definition) is 6. The molecule has 1 N–H and O–H groups in total. The molecular formula is C25H20N4O2S. The van der Waals surface area contributed by atoms with E-state index in [1.54, 1.807) is 7.11 Å². The highest BCUT2D eigenvalue weighted by Crippen LogP contribution is 2.33. The van der Waals surface area contributed by atoms with E-state index in [-0.39, 0.29) is 6.54 Å². The average molecular weight is 441 g/mol. The van der Waals surface area contributed by atoms with Crippen LogP contribution >= 0.6 is 11.8 Å². The van der Waals surface area contributed by atoms with E-state index in [1.807, 2.05) is 78.9 Å². The Hall–Kier alpha value is -3.89. The molecule has 6 nitrogen and oxygen atoms in total. The molecule has 0 aliphatic rings. The van der Waals surface area contributed by atoms with E-state index in [1.165, 1.54) is 11.8 Å². The lowest BCUT2D eigenvalue weighted by atomic mass is 10.1. The normalized spacial score (nSPS) is 11.5. The number of nitriles is 1. The Bertz CT molecular complexity index is 1290. The molecule has 0 radical (unpaired) electrons.